The molecule has 0 spiro atoms. The maximum absolute atomic E-state index is 6.15. The Morgan fingerprint density at radius 2 is 2.07 bits per heavy atom. The standard InChI is InChI=1S/C12H19ClN2/c1-3-6-9(2)12(15-14)10-7-4-5-8-11(10)13/h4-5,7-9,12,15H,3,6,14H2,1-2H3. The summed E-state index contributed by atoms with van der Waals surface area (Å²) in [6.45, 7) is 4.37. The van der Waals surface area contributed by atoms with Crippen LogP contribution in [0, 0.1) is 5.92 Å². The number of halogens is 1. The van der Waals surface area contributed by atoms with Gasteiger partial charge in [-0.15, -0.1) is 0 Å². The van der Waals surface area contributed by atoms with E-state index in [9.17, 15) is 0 Å². The van der Waals surface area contributed by atoms with Gasteiger partial charge < -0.3 is 0 Å². The van der Waals surface area contributed by atoms with Crippen LogP contribution >= 0.6 is 11.6 Å². The number of rotatable bonds is 5. The van der Waals surface area contributed by atoms with Gasteiger partial charge in [-0.05, 0) is 24.0 Å². The fraction of sp³-hybridized carbons (Fsp3) is 0.500. The number of hydrogen-bond donors (Lipinski definition) is 2. The van der Waals surface area contributed by atoms with Crippen molar-refractivity contribution < 1.29 is 0 Å². The Bertz CT molecular complexity index is 301. The minimum Gasteiger partial charge on any atom is -0.271 e. The van der Waals surface area contributed by atoms with Crippen LogP contribution in [0.3, 0.4) is 0 Å². The van der Waals surface area contributed by atoms with Crippen LogP contribution in [-0.4, -0.2) is 0 Å². The first-order chi connectivity index (χ1) is 7.20. The lowest BCUT2D eigenvalue weighted by atomic mass is 9.91. The molecule has 1 aromatic rings. The summed E-state index contributed by atoms with van der Waals surface area (Å²) in [6, 6.07) is 7.99. The van der Waals surface area contributed by atoms with Crippen molar-refractivity contribution in [2.75, 3.05) is 0 Å². The molecule has 3 heteroatoms. The zero-order valence-corrected chi connectivity index (χ0v) is 10.1. The predicted octanol–water partition coefficient (Wildman–Crippen LogP) is 3.28. The molecule has 0 aromatic heterocycles. The Morgan fingerprint density at radius 3 is 2.60 bits per heavy atom. The SMILES string of the molecule is CCCC(C)C(NN)c1ccccc1Cl. The minimum absolute atomic E-state index is 0.138. The number of benzene rings is 1. The monoisotopic (exact) mass is 226 g/mol. The normalized spacial score (nSPS) is 14.9. The topological polar surface area (TPSA) is 38.0 Å². The van der Waals surface area contributed by atoms with E-state index < -0.39 is 0 Å². The van der Waals surface area contributed by atoms with E-state index >= 15 is 0 Å². The van der Waals surface area contributed by atoms with Crippen LogP contribution in [0.2, 0.25) is 5.02 Å². The van der Waals surface area contributed by atoms with Gasteiger partial charge in [-0.1, -0.05) is 50.1 Å². The van der Waals surface area contributed by atoms with Gasteiger partial charge in [0.05, 0.1) is 0 Å². The second-order valence-corrected chi connectivity index (χ2v) is 4.34. The van der Waals surface area contributed by atoms with Crippen molar-refractivity contribution in [3.63, 3.8) is 0 Å². The number of hydrogen-bond acceptors (Lipinski definition) is 2. The van der Waals surface area contributed by atoms with Gasteiger partial charge in [-0.2, -0.15) is 0 Å². The third-order valence-corrected chi connectivity index (χ3v) is 3.08. The summed E-state index contributed by atoms with van der Waals surface area (Å²) in [5.74, 6) is 6.08. The highest BCUT2D eigenvalue weighted by atomic mass is 35.5. The van der Waals surface area contributed by atoms with Crippen molar-refractivity contribution in [3.05, 3.63) is 34.9 Å². The van der Waals surface area contributed by atoms with Gasteiger partial charge in [0.2, 0.25) is 0 Å². The molecule has 15 heavy (non-hydrogen) atoms. The summed E-state index contributed by atoms with van der Waals surface area (Å²) in [5.41, 5.74) is 3.95. The molecule has 2 nitrogen and oxygen atoms in total. The molecule has 1 rings (SSSR count). The largest absolute Gasteiger partial charge is 0.271 e. The predicted molar refractivity (Wildman–Crippen MR) is 65.6 cm³/mol. The van der Waals surface area contributed by atoms with Crippen molar-refractivity contribution in [3.8, 4) is 0 Å². The molecule has 2 unspecified atom stereocenters. The van der Waals surface area contributed by atoms with E-state index in [-0.39, 0.29) is 6.04 Å². The molecule has 0 fully saturated rings. The Hall–Kier alpha value is -0.570. The van der Waals surface area contributed by atoms with E-state index in [1.165, 1.54) is 0 Å². The first-order valence-electron chi connectivity index (χ1n) is 5.41. The lowest BCUT2D eigenvalue weighted by Gasteiger charge is -2.24. The van der Waals surface area contributed by atoms with E-state index in [2.05, 4.69) is 19.3 Å². The van der Waals surface area contributed by atoms with Crippen molar-refractivity contribution in [1.29, 1.82) is 0 Å². The summed E-state index contributed by atoms with van der Waals surface area (Å²) in [6.07, 6.45) is 2.30. The maximum atomic E-state index is 6.15. The molecule has 84 valence electrons. The highest BCUT2D eigenvalue weighted by Crippen LogP contribution is 2.29. The third kappa shape index (κ3) is 3.20. The fourth-order valence-corrected chi connectivity index (χ4v) is 2.16. The van der Waals surface area contributed by atoms with Crippen molar-refractivity contribution in [1.82, 2.24) is 5.43 Å². The molecule has 0 bridgehead atoms. The van der Waals surface area contributed by atoms with Crippen LogP contribution in [0.15, 0.2) is 24.3 Å². The van der Waals surface area contributed by atoms with E-state index in [1.54, 1.807) is 0 Å². The van der Waals surface area contributed by atoms with Gasteiger partial charge in [0.15, 0.2) is 0 Å². The molecule has 0 amide bonds. The molecule has 2 atom stereocenters. The lowest BCUT2D eigenvalue weighted by Crippen LogP contribution is -2.32. The molecule has 0 saturated heterocycles. The molecule has 0 aliphatic heterocycles. The quantitative estimate of drug-likeness (QED) is 0.597. The smallest absolute Gasteiger partial charge is 0.0500 e. The molecule has 0 aliphatic carbocycles. The second-order valence-electron chi connectivity index (χ2n) is 3.93. The maximum Gasteiger partial charge on any atom is 0.0500 e. The summed E-state index contributed by atoms with van der Waals surface area (Å²) >= 11 is 6.15. The van der Waals surface area contributed by atoms with Crippen LogP contribution in [0.5, 0.6) is 0 Å². The van der Waals surface area contributed by atoms with E-state index in [0.717, 1.165) is 23.4 Å². The Morgan fingerprint density at radius 1 is 1.40 bits per heavy atom. The Kier molecular flexibility index (Phi) is 5.09. The van der Waals surface area contributed by atoms with Crippen LogP contribution < -0.4 is 11.3 Å². The van der Waals surface area contributed by atoms with Crippen LogP contribution in [0.4, 0.5) is 0 Å². The van der Waals surface area contributed by atoms with E-state index in [1.807, 2.05) is 24.3 Å². The Balaban J connectivity index is 2.87. The number of nitrogens with two attached hydrogens (primary N) is 1. The first kappa shape index (κ1) is 12.5. The number of hydrazine groups is 1. The van der Waals surface area contributed by atoms with Gasteiger partial charge in [0, 0.05) is 11.1 Å². The van der Waals surface area contributed by atoms with Gasteiger partial charge in [0.1, 0.15) is 0 Å². The summed E-state index contributed by atoms with van der Waals surface area (Å²) in [7, 11) is 0. The summed E-state index contributed by atoms with van der Waals surface area (Å²) < 4.78 is 0. The lowest BCUT2D eigenvalue weighted by molar-refractivity contribution is 0.368. The van der Waals surface area contributed by atoms with Gasteiger partial charge >= 0.3 is 0 Å². The zero-order chi connectivity index (χ0) is 11.3. The average molecular weight is 227 g/mol. The van der Waals surface area contributed by atoms with Crippen molar-refractivity contribution in [2.24, 2.45) is 11.8 Å². The van der Waals surface area contributed by atoms with E-state index in [4.69, 9.17) is 17.4 Å². The highest BCUT2D eigenvalue weighted by Gasteiger charge is 2.19. The number of nitrogens with one attached hydrogen (secondary N) is 1. The van der Waals surface area contributed by atoms with Gasteiger partial charge in [-0.3, -0.25) is 11.3 Å². The van der Waals surface area contributed by atoms with Crippen molar-refractivity contribution >= 4 is 11.6 Å². The summed E-state index contributed by atoms with van der Waals surface area (Å²) in [4.78, 5) is 0. The fourth-order valence-electron chi connectivity index (χ4n) is 1.91. The molecular formula is C12H19ClN2. The first-order valence-corrected chi connectivity index (χ1v) is 5.79. The molecule has 0 saturated carbocycles. The molecule has 1 aromatic carbocycles. The molecule has 0 aliphatic rings. The highest BCUT2D eigenvalue weighted by molar-refractivity contribution is 6.31. The minimum atomic E-state index is 0.138. The molecular weight excluding hydrogens is 208 g/mol. The van der Waals surface area contributed by atoms with Crippen LogP contribution in [-0.2, 0) is 0 Å². The zero-order valence-electron chi connectivity index (χ0n) is 9.33. The second kappa shape index (κ2) is 6.11. The van der Waals surface area contributed by atoms with Crippen LogP contribution in [0.1, 0.15) is 38.3 Å². The molecule has 0 radical (unpaired) electrons. The third-order valence-electron chi connectivity index (χ3n) is 2.73. The molecule has 0 heterocycles. The van der Waals surface area contributed by atoms with Crippen LogP contribution in [0.25, 0.3) is 0 Å². The average Bonchev–Trinajstić information content (AvgIpc) is 2.22. The van der Waals surface area contributed by atoms with Gasteiger partial charge in [0.25, 0.3) is 0 Å². The van der Waals surface area contributed by atoms with Gasteiger partial charge in [-0.25, -0.2) is 0 Å². The molecule has 3 N–H and O–H groups in total. The summed E-state index contributed by atoms with van der Waals surface area (Å²) in [5, 5.41) is 0.781. The van der Waals surface area contributed by atoms with Crippen molar-refractivity contribution in [2.45, 2.75) is 32.7 Å². The Labute approximate surface area is 96.8 Å². The van der Waals surface area contributed by atoms with E-state index in [0.29, 0.717) is 5.92 Å².